The molecule has 0 spiro atoms. The number of esters is 1. The molecule has 50 heavy (non-hydrogen) atoms. The van der Waals surface area contributed by atoms with Crippen molar-refractivity contribution in [3.63, 3.8) is 0 Å². The zero-order valence-corrected chi connectivity index (χ0v) is 32.4. The van der Waals surface area contributed by atoms with Gasteiger partial charge < -0.3 is 58.5 Å². The van der Waals surface area contributed by atoms with E-state index in [1.165, 1.54) is 14.0 Å². The zero-order chi connectivity index (χ0) is 37.7. The minimum Gasteiger partial charge on any atom is -0.489 e. The third-order valence-electron chi connectivity index (χ3n) is 12.0. The lowest BCUT2D eigenvalue weighted by atomic mass is 9.78. The van der Waals surface area contributed by atoms with Crippen LogP contribution in [0.25, 0.3) is 0 Å². The minimum absolute atomic E-state index is 0.173. The van der Waals surface area contributed by atoms with Crippen molar-refractivity contribution in [3.05, 3.63) is 11.3 Å². The summed E-state index contributed by atoms with van der Waals surface area (Å²) in [5.41, 5.74) is -3.00. The molecule has 4 aliphatic rings. The number of methoxy groups -OCH3 is 1. The van der Waals surface area contributed by atoms with E-state index in [1.807, 2.05) is 46.7 Å². The largest absolute Gasteiger partial charge is 0.489 e. The maximum absolute atomic E-state index is 14.1. The summed E-state index contributed by atoms with van der Waals surface area (Å²) in [7, 11) is 5.34. The normalized spacial score (nSPS) is 49.5. The number of fused-ring (bicyclic) bond motifs is 2. The fraction of sp³-hybridized carbons (Fsp3) is 0.919. The van der Waals surface area contributed by atoms with Crippen molar-refractivity contribution in [3.8, 4) is 0 Å². The van der Waals surface area contributed by atoms with Gasteiger partial charge in [-0.2, -0.15) is 0 Å². The molecule has 4 N–H and O–H groups in total. The second kappa shape index (κ2) is 15.5. The molecule has 13 nitrogen and oxygen atoms in total. The Labute approximate surface area is 298 Å². The minimum atomic E-state index is -1.82. The molecular formula is C37H65NO12. The number of aliphatic hydroxyl groups excluding tert-OH is 3. The van der Waals surface area contributed by atoms with Crippen molar-refractivity contribution < 1.29 is 58.4 Å². The predicted molar refractivity (Wildman–Crippen MR) is 184 cm³/mol. The molecule has 3 fully saturated rings. The number of carbonyl (C=O) groups is 1. The Morgan fingerprint density at radius 2 is 1.60 bits per heavy atom. The smallest absolute Gasteiger partial charge is 0.311 e. The lowest BCUT2D eigenvalue weighted by Crippen LogP contribution is -2.60. The molecule has 17 atom stereocenters. The first kappa shape index (κ1) is 41.4. The van der Waals surface area contributed by atoms with Gasteiger partial charge >= 0.3 is 5.97 Å². The number of ether oxygens (including phenoxy) is 7. The number of nitrogens with zero attached hydrogens (tertiary/aromatic N) is 1. The summed E-state index contributed by atoms with van der Waals surface area (Å²) in [5, 5.41) is 45.9. The van der Waals surface area contributed by atoms with E-state index in [1.54, 1.807) is 34.6 Å². The van der Waals surface area contributed by atoms with Crippen LogP contribution in [0, 0.1) is 17.8 Å². The molecule has 13 heteroatoms. The van der Waals surface area contributed by atoms with E-state index in [4.69, 9.17) is 33.2 Å². The molecule has 0 amide bonds. The van der Waals surface area contributed by atoms with Gasteiger partial charge in [0, 0.05) is 37.8 Å². The number of cyclic esters (lactones) is 1. The van der Waals surface area contributed by atoms with Gasteiger partial charge in [0.1, 0.15) is 41.4 Å². The first-order valence-corrected chi connectivity index (χ1v) is 18.3. The average molecular weight is 716 g/mol. The van der Waals surface area contributed by atoms with Crippen LogP contribution in [0.15, 0.2) is 11.3 Å². The molecule has 0 aliphatic carbocycles. The van der Waals surface area contributed by atoms with Gasteiger partial charge in [-0.15, -0.1) is 0 Å². The highest BCUT2D eigenvalue weighted by Crippen LogP contribution is 2.47. The van der Waals surface area contributed by atoms with Crippen molar-refractivity contribution in [2.75, 3.05) is 21.2 Å². The first-order chi connectivity index (χ1) is 23.1. The van der Waals surface area contributed by atoms with Crippen LogP contribution in [-0.2, 0) is 38.0 Å². The molecule has 0 aromatic carbocycles. The van der Waals surface area contributed by atoms with Crippen LogP contribution in [0.2, 0.25) is 0 Å². The number of hydrogen-bond donors (Lipinski definition) is 4. The van der Waals surface area contributed by atoms with Gasteiger partial charge in [0.25, 0.3) is 0 Å². The number of rotatable bonds is 7. The van der Waals surface area contributed by atoms with E-state index < -0.39 is 95.8 Å². The molecular weight excluding hydrogens is 650 g/mol. The van der Waals surface area contributed by atoms with E-state index in [0.717, 1.165) is 5.57 Å². The van der Waals surface area contributed by atoms with Crippen molar-refractivity contribution in [2.45, 2.75) is 179 Å². The standard InChI is InChI=1S/C37H65NO12/c1-14-25-37(10,43)30(40)20(4)28-18(2)16-36(9,50-28)32(49-34-27(39)24(38(11)12)15-19(3)45-34)21(5)29(22(6)33(42)47-25)48-26-17-35(8,44-13)31(41)23(7)46-26/h19-27,29-32,34,39-41,43H,14-17H2,1-13H3/t19-,20+,21+,22-,23+,24+,25-,26+,27-,29+,30-,31+,32-,34?,35-,36-,37-/m1/s1. The van der Waals surface area contributed by atoms with Gasteiger partial charge in [-0.05, 0) is 81.0 Å². The second-order valence-electron chi connectivity index (χ2n) is 16.3. The van der Waals surface area contributed by atoms with E-state index in [2.05, 4.69) is 0 Å². The predicted octanol–water partition coefficient (Wildman–Crippen LogP) is 2.89. The van der Waals surface area contributed by atoms with Gasteiger partial charge in [0.15, 0.2) is 12.6 Å². The van der Waals surface area contributed by atoms with E-state index >= 15 is 0 Å². The van der Waals surface area contributed by atoms with Crippen LogP contribution < -0.4 is 0 Å². The Bertz CT molecular complexity index is 1210. The van der Waals surface area contributed by atoms with Gasteiger partial charge in [0.05, 0.1) is 35.9 Å². The molecule has 4 heterocycles. The van der Waals surface area contributed by atoms with Gasteiger partial charge in [-0.25, -0.2) is 0 Å². The van der Waals surface area contributed by atoms with Crippen LogP contribution in [0.5, 0.6) is 0 Å². The maximum atomic E-state index is 14.1. The summed E-state index contributed by atoms with van der Waals surface area (Å²) >= 11 is 0. The maximum Gasteiger partial charge on any atom is 0.311 e. The van der Waals surface area contributed by atoms with Crippen LogP contribution in [-0.4, -0.2) is 137 Å². The molecule has 0 saturated carbocycles. The molecule has 1 unspecified atom stereocenters. The van der Waals surface area contributed by atoms with Gasteiger partial charge in [-0.3, -0.25) is 4.79 Å². The highest BCUT2D eigenvalue weighted by atomic mass is 16.7. The lowest BCUT2D eigenvalue weighted by Gasteiger charge is -2.48. The monoisotopic (exact) mass is 715 g/mol. The Balaban J connectivity index is 1.84. The topological polar surface area (TPSA) is 166 Å². The highest BCUT2D eigenvalue weighted by molar-refractivity contribution is 5.73. The number of aliphatic hydroxyl groups is 4. The molecule has 4 rings (SSSR count). The third-order valence-corrected chi connectivity index (χ3v) is 12.0. The fourth-order valence-electron chi connectivity index (χ4n) is 8.73. The number of likely N-dealkylation sites (N-methyl/N-ethyl adjacent to an activating group) is 1. The molecule has 0 radical (unpaired) electrons. The number of carbonyl (C=O) groups excluding carboxylic acids is 1. The SMILES string of the molecule is CC[C@H]1OC(=O)[C@H](C)[C@@H](O[C@H]2C[C@@](C)(OC)[C@@H](O)[C@H](C)O2)[C@H](C)[C@@H](OC2O[C@H](C)C[C@H](N(C)C)[C@H]2O)[C@@]2(C)CC(C)=C(O2)[C@H](C)[C@@H](O)[C@]1(C)O. The average Bonchev–Trinajstić information content (AvgIpc) is 3.37. The van der Waals surface area contributed by atoms with Crippen molar-refractivity contribution >= 4 is 5.97 Å². The Morgan fingerprint density at radius 3 is 2.18 bits per heavy atom. The van der Waals surface area contributed by atoms with E-state index in [-0.39, 0.29) is 25.0 Å². The van der Waals surface area contributed by atoms with Crippen LogP contribution in [0.1, 0.15) is 94.9 Å². The summed E-state index contributed by atoms with van der Waals surface area (Å²) in [6.45, 7) is 18.0. The molecule has 2 bridgehead atoms. The summed E-state index contributed by atoms with van der Waals surface area (Å²) < 4.78 is 44.6. The summed E-state index contributed by atoms with van der Waals surface area (Å²) in [6.07, 6.45) is -7.39. The van der Waals surface area contributed by atoms with Gasteiger partial charge in [0.2, 0.25) is 0 Å². The quantitative estimate of drug-likeness (QED) is 0.285. The van der Waals surface area contributed by atoms with Crippen molar-refractivity contribution in [1.29, 1.82) is 0 Å². The van der Waals surface area contributed by atoms with Crippen molar-refractivity contribution in [2.24, 2.45) is 17.8 Å². The summed E-state index contributed by atoms with van der Waals surface area (Å²) in [6, 6.07) is -0.235. The third kappa shape index (κ3) is 7.93. The number of hydrogen-bond acceptors (Lipinski definition) is 13. The fourth-order valence-corrected chi connectivity index (χ4v) is 8.73. The van der Waals surface area contributed by atoms with Gasteiger partial charge in [-0.1, -0.05) is 20.8 Å². The van der Waals surface area contributed by atoms with Crippen LogP contribution >= 0.6 is 0 Å². The summed E-state index contributed by atoms with van der Waals surface area (Å²) in [4.78, 5) is 16.1. The van der Waals surface area contributed by atoms with E-state index in [0.29, 0.717) is 18.6 Å². The second-order valence-corrected chi connectivity index (χ2v) is 16.3. The van der Waals surface area contributed by atoms with Crippen molar-refractivity contribution in [1.82, 2.24) is 4.90 Å². The zero-order valence-electron chi connectivity index (χ0n) is 32.4. The molecule has 4 aliphatic heterocycles. The molecule has 3 saturated heterocycles. The van der Waals surface area contributed by atoms with E-state index in [9.17, 15) is 25.2 Å². The molecule has 290 valence electrons. The Kier molecular flexibility index (Phi) is 12.8. The lowest BCUT2D eigenvalue weighted by molar-refractivity contribution is -0.316. The molecule has 0 aromatic heterocycles. The molecule has 0 aromatic rings. The van der Waals surface area contributed by atoms with Crippen LogP contribution in [0.4, 0.5) is 0 Å². The highest BCUT2D eigenvalue weighted by Gasteiger charge is 2.56. The summed E-state index contributed by atoms with van der Waals surface area (Å²) in [5.74, 6) is -2.31. The Morgan fingerprint density at radius 1 is 0.960 bits per heavy atom. The first-order valence-electron chi connectivity index (χ1n) is 18.3. The van der Waals surface area contributed by atoms with Crippen LogP contribution in [0.3, 0.4) is 0 Å². The Hall–Kier alpha value is -1.39.